The third kappa shape index (κ3) is 3.07. The summed E-state index contributed by atoms with van der Waals surface area (Å²) in [6.45, 7) is 3.05. The maximum atomic E-state index is 5.76. The highest BCUT2D eigenvalue weighted by molar-refractivity contribution is 5.21. The number of rotatable bonds is 7. The molecule has 3 N–H and O–H groups in total. The molecule has 1 aromatic heterocycles. The van der Waals surface area contributed by atoms with Crippen molar-refractivity contribution >= 4 is 0 Å². The summed E-state index contributed by atoms with van der Waals surface area (Å²) in [7, 11) is 1.69. The summed E-state index contributed by atoms with van der Waals surface area (Å²) in [6.07, 6.45) is 4.64. The van der Waals surface area contributed by atoms with Crippen LogP contribution in [0.4, 0.5) is 0 Å². The van der Waals surface area contributed by atoms with E-state index >= 15 is 0 Å². The van der Waals surface area contributed by atoms with Crippen molar-refractivity contribution in [3.05, 3.63) is 54.1 Å². The van der Waals surface area contributed by atoms with Crippen molar-refractivity contribution in [3.63, 3.8) is 0 Å². The first-order chi connectivity index (χ1) is 9.81. The average Bonchev–Trinajstić information content (AvgIpc) is 2.94. The minimum atomic E-state index is -0.191. The van der Waals surface area contributed by atoms with Crippen molar-refractivity contribution in [1.29, 1.82) is 0 Å². The quantitative estimate of drug-likeness (QED) is 0.600. The summed E-state index contributed by atoms with van der Waals surface area (Å²) in [5, 5.41) is 0. The molecule has 2 rings (SSSR count). The number of methoxy groups -OCH3 is 1. The van der Waals surface area contributed by atoms with Crippen molar-refractivity contribution < 1.29 is 4.74 Å². The van der Waals surface area contributed by atoms with Crippen LogP contribution in [0.25, 0.3) is 0 Å². The minimum absolute atomic E-state index is 0.181. The van der Waals surface area contributed by atoms with Crippen molar-refractivity contribution in [2.24, 2.45) is 5.84 Å². The van der Waals surface area contributed by atoms with Crippen LogP contribution in [0.15, 0.2) is 42.7 Å². The molecule has 108 valence electrons. The van der Waals surface area contributed by atoms with Gasteiger partial charge in [0, 0.05) is 26.0 Å². The van der Waals surface area contributed by atoms with Gasteiger partial charge in [-0.2, -0.15) is 0 Å². The van der Waals surface area contributed by atoms with E-state index in [1.165, 1.54) is 0 Å². The molecule has 2 atom stereocenters. The smallest absolute Gasteiger partial charge is 0.130 e. The van der Waals surface area contributed by atoms with Gasteiger partial charge in [0.05, 0.1) is 0 Å². The van der Waals surface area contributed by atoms with E-state index < -0.39 is 0 Å². The number of nitrogens with zero attached hydrogens (tertiary/aromatic N) is 2. The maximum Gasteiger partial charge on any atom is 0.130 e. The largest absolute Gasteiger partial charge is 0.375 e. The summed E-state index contributed by atoms with van der Waals surface area (Å²) in [6, 6.07) is 9.85. The second-order valence-electron chi connectivity index (χ2n) is 4.69. The fraction of sp³-hybridized carbons (Fsp3) is 0.400. The fourth-order valence-electron chi connectivity index (χ4n) is 2.43. The van der Waals surface area contributed by atoms with Crippen molar-refractivity contribution in [2.45, 2.75) is 32.0 Å². The number of hydrazine groups is 1. The molecule has 5 heteroatoms. The summed E-state index contributed by atoms with van der Waals surface area (Å²) in [4.78, 5) is 4.44. The number of aryl methyl sites for hydroxylation is 1. The van der Waals surface area contributed by atoms with E-state index in [1.807, 2.05) is 36.5 Å². The Labute approximate surface area is 119 Å². The molecule has 0 fully saturated rings. The maximum absolute atomic E-state index is 5.76. The van der Waals surface area contributed by atoms with Gasteiger partial charge < -0.3 is 9.30 Å². The molecule has 0 bridgehead atoms. The Bertz CT molecular complexity index is 512. The van der Waals surface area contributed by atoms with Gasteiger partial charge in [-0.25, -0.2) is 10.4 Å². The van der Waals surface area contributed by atoms with Crippen LogP contribution in [-0.4, -0.2) is 16.7 Å². The molecule has 0 aliphatic carbocycles. The van der Waals surface area contributed by atoms with Crippen molar-refractivity contribution in [1.82, 2.24) is 15.0 Å². The molecule has 0 aliphatic rings. The van der Waals surface area contributed by atoms with E-state index in [0.29, 0.717) is 0 Å². The van der Waals surface area contributed by atoms with Crippen LogP contribution >= 0.6 is 0 Å². The summed E-state index contributed by atoms with van der Waals surface area (Å²) in [5.74, 6) is 6.65. The van der Waals surface area contributed by atoms with Crippen LogP contribution < -0.4 is 11.3 Å². The second-order valence-corrected chi connectivity index (χ2v) is 4.69. The summed E-state index contributed by atoms with van der Waals surface area (Å²) >= 11 is 0. The lowest BCUT2D eigenvalue weighted by atomic mass is 10.0. The van der Waals surface area contributed by atoms with E-state index in [1.54, 1.807) is 13.3 Å². The van der Waals surface area contributed by atoms with Gasteiger partial charge in [0.1, 0.15) is 18.0 Å². The molecule has 1 heterocycles. The van der Waals surface area contributed by atoms with Crippen LogP contribution in [0.5, 0.6) is 0 Å². The van der Waals surface area contributed by atoms with E-state index in [0.717, 1.165) is 24.4 Å². The molecule has 2 aromatic rings. The van der Waals surface area contributed by atoms with Gasteiger partial charge in [0.2, 0.25) is 0 Å². The first kappa shape index (κ1) is 14.7. The molecule has 0 aliphatic heterocycles. The van der Waals surface area contributed by atoms with E-state index in [-0.39, 0.29) is 12.1 Å². The number of imidazole rings is 1. The van der Waals surface area contributed by atoms with Gasteiger partial charge in [-0.3, -0.25) is 5.84 Å². The molecule has 20 heavy (non-hydrogen) atoms. The van der Waals surface area contributed by atoms with Crippen LogP contribution in [0.1, 0.15) is 36.9 Å². The van der Waals surface area contributed by atoms with Gasteiger partial charge in [0.15, 0.2) is 0 Å². The number of hydrogen-bond donors (Lipinski definition) is 2. The first-order valence-corrected chi connectivity index (χ1v) is 6.86. The number of nitrogens with two attached hydrogens (primary N) is 1. The molecular weight excluding hydrogens is 252 g/mol. The van der Waals surface area contributed by atoms with E-state index in [4.69, 9.17) is 10.6 Å². The third-order valence-electron chi connectivity index (χ3n) is 3.35. The Balaban J connectivity index is 2.32. The lowest BCUT2D eigenvalue weighted by Gasteiger charge is -2.26. The van der Waals surface area contributed by atoms with Crippen molar-refractivity contribution in [3.8, 4) is 0 Å². The molecule has 0 saturated carbocycles. The predicted octanol–water partition coefficient (Wildman–Crippen LogP) is 2.19. The summed E-state index contributed by atoms with van der Waals surface area (Å²) in [5.41, 5.74) is 3.92. The molecule has 0 saturated heterocycles. The number of benzene rings is 1. The molecule has 0 radical (unpaired) electrons. The highest BCUT2D eigenvalue weighted by atomic mass is 16.5. The minimum Gasteiger partial charge on any atom is -0.375 e. The van der Waals surface area contributed by atoms with E-state index in [2.05, 4.69) is 21.9 Å². The monoisotopic (exact) mass is 274 g/mol. The molecule has 0 spiro atoms. The topological polar surface area (TPSA) is 65.1 Å². The van der Waals surface area contributed by atoms with Gasteiger partial charge in [0.25, 0.3) is 0 Å². The zero-order chi connectivity index (χ0) is 14.4. The Morgan fingerprint density at radius 2 is 2.10 bits per heavy atom. The average molecular weight is 274 g/mol. The van der Waals surface area contributed by atoms with Crippen LogP contribution in [0.2, 0.25) is 0 Å². The molecule has 2 unspecified atom stereocenters. The Kier molecular flexibility index (Phi) is 5.29. The first-order valence-electron chi connectivity index (χ1n) is 6.86. The number of hydrogen-bond acceptors (Lipinski definition) is 4. The van der Waals surface area contributed by atoms with Gasteiger partial charge in [-0.05, 0) is 12.0 Å². The Hall–Kier alpha value is -1.69. The third-order valence-corrected chi connectivity index (χ3v) is 3.35. The standard InChI is InChI=1S/C15H22N4O/c1-3-10-19-11-9-17-15(19)13(18-16)14(20-2)12-7-5-4-6-8-12/h4-9,11,13-14,18H,3,10,16H2,1-2H3. The SMILES string of the molecule is CCCn1ccnc1C(NN)C(OC)c1ccccc1. The lowest BCUT2D eigenvalue weighted by molar-refractivity contribution is 0.0635. The van der Waals surface area contributed by atoms with Gasteiger partial charge >= 0.3 is 0 Å². The van der Waals surface area contributed by atoms with Crippen molar-refractivity contribution in [2.75, 3.05) is 7.11 Å². The summed E-state index contributed by atoms with van der Waals surface area (Å²) < 4.78 is 7.76. The second kappa shape index (κ2) is 7.19. The fourth-order valence-corrected chi connectivity index (χ4v) is 2.43. The van der Waals surface area contributed by atoms with Gasteiger partial charge in [-0.15, -0.1) is 0 Å². The zero-order valence-corrected chi connectivity index (χ0v) is 12.0. The highest BCUT2D eigenvalue weighted by Gasteiger charge is 2.27. The highest BCUT2D eigenvalue weighted by Crippen LogP contribution is 2.30. The zero-order valence-electron chi connectivity index (χ0n) is 12.0. The lowest BCUT2D eigenvalue weighted by Crippen LogP contribution is -2.35. The van der Waals surface area contributed by atoms with Gasteiger partial charge in [-0.1, -0.05) is 37.3 Å². The predicted molar refractivity (Wildman–Crippen MR) is 78.8 cm³/mol. The van der Waals surface area contributed by atoms with Crippen LogP contribution in [0.3, 0.4) is 0 Å². The molecule has 1 aromatic carbocycles. The van der Waals surface area contributed by atoms with E-state index in [9.17, 15) is 0 Å². The number of nitrogens with one attached hydrogen (secondary N) is 1. The molecule has 5 nitrogen and oxygen atoms in total. The number of aromatic nitrogens is 2. The Morgan fingerprint density at radius 1 is 1.35 bits per heavy atom. The normalized spacial score (nSPS) is 14.2. The molecule has 0 amide bonds. The molecular formula is C15H22N4O. The number of ether oxygens (including phenoxy) is 1. The van der Waals surface area contributed by atoms with Crippen LogP contribution in [-0.2, 0) is 11.3 Å². The Morgan fingerprint density at radius 3 is 2.70 bits per heavy atom. The van der Waals surface area contributed by atoms with Crippen LogP contribution in [0, 0.1) is 0 Å².